The summed E-state index contributed by atoms with van der Waals surface area (Å²) >= 11 is 11.8. The Labute approximate surface area is 224 Å². The predicted octanol–water partition coefficient (Wildman–Crippen LogP) is 5.58. The lowest BCUT2D eigenvalue weighted by Gasteiger charge is -2.02. The van der Waals surface area contributed by atoms with E-state index in [9.17, 15) is 24.6 Å². The summed E-state index contributed by atoms with van der Waals surface area (Å²) in [4.78, 5) is 34.4. The normalized spacial score (nSPS) is 11.2. The van der Waals surface area contributed by atoms with Gasteiger partial charge in [0, 0.05) is 11.1 Å². The molecule has 0 bridgehead atoms. The van der Waals surface area contributed by atoms with Crippen molar-refractivity contribution in [3.8, 4) is 22.6 Å². The molecule has 0 aliphatic carbocycles. The largest absolute Gasteiger partial charge is 0.478 e. The van der Waals surface area contributed by atoms with Crippen LogP contribution in [0, 0.1) is 0 Å². The predicted molar refractivity (Wildman–Crippen MR) is 139 cm³/mol. The molecule has 0 atom stereocenters. The van der Waals surface area contributed by atoms with Crippen LogP contribution < -0.4 is 10.9 Å². The summed E-state index contributed by atoms with van der Waals surface area (Å²) in [5, 5.41) is 26.1. The molecule has 0 aliphatic rings. The number of nitrogens with one attached hydrogen (secondary N) is 2. The van der Waals surface area contributed by atoms with Crippen LogP contribution in [0.1, 0.15) is 32.2 Å². The average molecular weight is 555 g/mol. The van der Waals surface area contributed by atoms with E-state index in [0.717, 1.165) is 0 Å². The van der Waals surface area contributed by atoms with Gasteiger partial charge in [-0.2, -0.15) is 10.2 Å². The topological polar surface area (TPSA) is 167 Å². The number of urea groups is 1. The third-order valence-electron chi connectivity index (χ3n) is 4.93. The second kappa shape index (κ2) is 11.5. The fourth-order valence-corrected chi connectivity index (χ4v) is 3.57. The maximum atomic E-state index is 11.9. The van der Waals surface area contributed by atoms with Crippen molar-refractivity contribution < 1.29 is 33.4 Å². The highest BCUT2D eigenvalue weighted by Crippen LogP contribution is 2.28. The quantitative estimate of drug-likeness (QED) is 0.163. The molecule has 2 aromatic heterocycles. The fourth-order valence-electron chi connectivity index (χ4n) is 3.17. The van der Waals surface area contributed by atoms with Crippen LogP contribution in [-0.2, 0) is 0 Å². The van der Waals surface area contributed by atoms with Crippen LogP contribution in [0.25, 0.3) is 22.6 Å². The van der Waals surface area contributed by atoms with Crippen molar-refractivity contribution in [3.63, 3.8) is 0 Å². The molecule has 0 spiro atoms. The van der Waals surface area contributed by atoms with Crippen molar-refractivity contribution in [2.45, 2.75) is 0 Å². The first-order valence-corrected chi connectivity index (χ1v) is 11.3. The van der Waals surface area contributed by atoms with E-state index >= 15 is 0 Å². The van der Waals surface area contributed by atoms with E-state index in [-0.39, 0.29) is 21.2 Å². The number of hydrazone groups is 2. The molecule has 192 valence electrons. The molecule has 0 saturated carbocycles. The molecule has 13 heteroatoms. The molecule has 0 aliphatic heterocycles. The van der Waals surface area contributed by atoms with E-state index in [1.54, 1.807) is 36.4 Å². The molecule has 2 aromatic carbocycles. The van der Waals surface area contributed by atoms with Gasteiger partial charge in [0.25, 0.3) is 0 Å². The van der Waals surface area contributed by atoms with Gasteiger partial charge >= 0.3 is 18.0 Å². The molecule has 4 rings (SSSR count). The summed E-state index contributed by atoms with van der Waals surface area (Å²) in [5.74, 6) is -0.956. The number of halogens is 2. The van der Waals surface area contributed by atoms with Gasteiger partial charge in [0.15, 0.2) is 0 Å². The molecule has 11 nitrogen and oxygen atoms in total. The van der Waals surface area contributed by atoms with Gasteiger partial charge in [-0.15, -0.1) is 0 Å². The first-order valence-electron chi connectivity index (χ1n) is 10.6. The molecular weight excluding hydrogens is 539 g/mol. The van der Waals surface area contributed by atoms with Crippen molar-refractivity contribution in [1.82, 2.24) is 10.9 Å². The van der Waals surface area contributed by atoms with Gasteiger partial charge in [-0.25, -0.2) is 25.2 Å². The van der Waals surface area contributed by atoms with Gasteiger partial charge in [-0.05, 0) is 60.7 Å². The number of amides is 2. The third-order valence-corrected chi connectivity index (χ3v) is 5.59. The first kappa shape index (κ1) is 26.2. The van der Waals surface area contributed by atoms with Gasteiger partial charge in [0.2, 0.25) is 0 Å². The Kier molecular flexibility index (Phi) is 7.90. The average Bonchev–Trinajstić information content (AvgIpc) is 3.54. The second-order valence-corrected chi connectivity index (χ2v) is 8.29. The lowest BCUT2D eigenvalue weighted by Crippen LogP contribution is -2.28. The van der Waals surface area contributed by atoms with Crippen molar-refractivity contribution in [3.05, 3.63) is 93.4 Å². The zero-order chi connectivity index (χ0) is 27.2. The molecule has 4 aromatic rings. The number of hydrogen-bond donors (Lipinski definition) is 4. The Morgan fingerprint density at radius 2 is 1.11 bits per heavy atom. The first-order chi connectivity index (χ1) is 18.2. The number of rotatable bonds is 8. The molecule has 4 N–H and O–H groups in total. The van der Waals surface area contributed by atoms with Gasteiger partial charge in [-0.1, -0.05) is 23.2 Å². The Morgan fingerprint density at radius 1 is 0.684 bits per heavy atom. The molecule has 0 saturated heterocycles. The molecule has 0 unspecified atom stereocenters. The third kappa shape index (κ3) is 6.27. The van der Waals surface area contributed by atoms with Crippen molar-refractivity contribution in [1.29, 1.82) is 0 Å². The highest BCUT2D eigenvalue weighted by atomic mass is 35.5. The summed E-state index contributed by atoms with van der Waals surface area (Å²) < 4.78 is 11.2. The van der Waals surface area contributed by atoms with Crippen LogP contribution in [0.15, 0.2) is 79.7 Å². The summed E-state index contributed by atoms with van der Waals surface area (Å²) in [5.41, 5.74) is 5.30. The van der Waals surface area contributed by atoms with Gasteiger partial charge < -0.3 is 19.0 Å². The summed E-state index contributed by atoms with van der Waals surface area (Å²) in [6.45, 7) is 0. The van der Waals surface area contributed by atoms with Gasteiger partial charge in [0.1, 0.15) is 23.0 Å². The van der Waals surface area contributed by atoms with Gasteiger partial charge in [0.05, 0.1) is 33.6 Å². The number of furan rings is 2. The standard InChI is InChI=1S/C25H16Cl2N4O7/c26-19-5-1-13(9-17(19)23(32)33)21-7-3-15(37-21)11-28-30-25(36)31-29-12-16-4-8-22(38-16)14-2-6-20(27)18(10-14)24(34)35/h1-12H,(H,32,33)(H,34,35)(H2,30,31,36). The van der Waals surface area contributed by atoms with E-state index in [2.05, 4.69) is 21.1 Å². The molecule has 38 heavy (non-hydrogen) atoms. The van der Waals surface area contributed by atoms with Crippen molar-refractivity contribution in [2.75, 3.05) is 0 Å². The zero-order valence-corrected chi connectivity index (χ0v) is 20.5. The monoisotopic (exact) mass is 554 g/mol. The smallest absolute Gasteiger partial charge is 0.355 e. The zero-order valence-electron chi connectivity index (χ0n) is 19.0. The van der Waals surface area contributed by atoms with Crippen LogP contribution in [0.4, 0.5) is 4.79 Å². The Hall–Kier alpha value is -4.87. The molecule has 0 radical (unpaired) electrons. The number of carboxylic acid groups (broad SMARTS) is 2. The fraction of sp³-hybridized carbons (Fsp3) is 0. The maximum Gasteiger partial charge on any atom is 0.355 e. The molecule has 0 fully saturated rings. The van der Waals surface area contributed by atoms with E-state index in [1.165, 1.54) is 36.7 Å². The van der Waals surface area contributed by atoms with Crippen molar-refractivity contribution >= 4 is 53.6 Å². The maximum absolute atomic E-state index is 11.9. The van der Waals surface area contributed by atoms with Crippen LogP contribution in [0.5, 0.6) is 0 Å². The van der Waals surface area contributed by atoms with Gasteiger partial charge in [-0.3, -0.25) is 0 Å². The van der Waals surface area contributed by atoms with Crippen LogP contribution in [0.2, 0.25) is 10.0 Å². The Bertz CT molecular complexity index is 1470. The van der Waals surface area contributed by atoms with Crippen molar-refractivity contribution in [2.24, 2.45) is 10.2 Å². The van der Waals surface area contributed by atoms with Crippen LogP contribution in [-0.4, -0.2) is 40.6 Å². The Balaban J connectivity index is 1.31. The molecule has 2 amide bonds. The van der Waals surface area contributed by atoms with E-state index in [1.807, 2.05) is 0 Å². The number of carbonyl (C=O) groups is 3. The minimum atomic E-state index is -1.16. The van der Waals surface area contributed by atoms with E-state index in [4.69, 9.17) is 32.0 Å². The highest BCUT2D eigenvalue weighted by molar-refractivity contribution is 6.34. The molecular formula is C25H16Cl2N4O7. The lowest BCUT2D eigenvalue weighted by atomic mass is 10.1. The highest BCUT2D eigenvalue weighted by Gasteiger charge is 2.13. The molecule has 2 heterocycles. The van der Waals surface area contributed by atoms with E-state index in [0.29, 0.717) is 34.2 Å². The summed E-state index contributed by atoms with van der Waals surface area (Å²) in [6, 6.07) is 14.6. The van der Waals surface area contributed by atoms with Crippen LogP contribution in [0.3, 0.4) is 0 Å². The lowest BCUT2D eigenvalue weighted by molar-refractivity contribution is 0.0686. The SMILES string of the molecule is O=C(NN=Cc1ccc(-c2ccc(Cl)c(C(=O)O)c2)o1)NN=Cc1ccc(-c2ccc(Cl)c(C(=O)O)c2)o1. The number of hydrogen-bond acceptors (Lipinski definition) is 7. The minimum absolute atomic E-state index is 0.0576. The number of nitrogens with zero attached hydrogens (tertiary/aromatic N) is 2. The summed E-state index contributed by atoms with van der Waals surface area (Å²) in [7, 11) is 0. The summed E-state index contributed by atoms with van der Waals surface area (Å²) in [6.07, 6.45) is 2.49. The van der Waals surface area contributed by atoms with E-state index < -0.39 is 18.0 Å². The number of aromatic carboxylic acids is 2. The minimum Gasteiger partial charge on any atom is -0.478 e. The second-order valence-electron chi connectivity index (χ2n) is 7.47. The van der Waals surface area contributed by atoms with Crippen LogP contribution >= 0.6 is 23.2 Å². The number of carboxylic acids is 2. The number of benzene rings is 2. The Morgan fingerprint density at radius 3 is 1.50 bits per heavy atom. The number of carbonyl (C=O) groups excluding carboxylic acids is 1.